The lowest BCUT2D eigenvalue weighted by molar-refractivity contribution is 0.398. The zero-order chi connectivity index (χ0) is 10.8. The summed E-state index contributed by atoms with van der Waals surface area (Å²) in [6, 6.07) is 0.904. The maximum Gasteiger partial charge on any atom is 0.0124 e. The summed E-state index contributed by atoms with van der Waals surface area (Å²) in [5.74, 6) is 3.09. The van der Waals surface area contributed by atoms with Crippen molar-refractivity contribution in [2.75, 3.05) is 19.6 Å². The molecule has 1 heterocycles. The lowest BCUT2D eigenvalue weighted by atomic mass is 10.0. The minimum Gasteiger partial charge on any atom is -0.316 e. The van der Waals surface area contributed by atoms with Crippen molar-refractivity contribution in [3.05, 3.63) is 0 Å². The molecule has 0 aromatic carbocycles. The lowest BCUT2D eigenvalue weighted by Crippen LogP contribution is -2.34. The molecule has 0 aromatic heterocycles. The maximum atomic E-state index is 3.85. The Kier molecular flexibility index (Phi) is 3.49. The predicted octanol–water partition coefficient (Wildman–Crippen LogP) is 2.15. The Morgan fingerprint density at radius 2 is 1.81 bits per heavy atom. The molecule has 2 aliphatic carbocycles. The molecular formula is C14H26N2. The van der Waals surface area contributed by atoms with Crippen molar-refractivity contribution in [2.24, 2.45) is 17.8 Å². The smallest absolute Gasteiger partial charge is 0.0124 e. The first-order chi connectivity index (χ1) is 7.93. The molecule has 0 radical (unpaired) electrons. The summed E-state index contributed by atoms with van der Waals surface area (Å²) in [6.07, 6.45) is 10.2. The molecule has 1 atom stereocenters. The highest BCUT2D eigenvalue weighted by Crippen LogP contribution is 2.44. The molecule has 0 spiro atoms. The summed E-state index contributed by atoms with van der Waals surface area (Å²) < 4.78 is 0. The van der Waals surface area contributed by atoms with E-state index in [2.05, 4.69) is 10.6 Å². The monoisotopic (exact) mass is 222 g/mol. The quantitative estimate of drug-likeness (QED) is 0.645. The Hall–Kier alpha value is -0.0800. The molecule has 2 N–H and O–H groups in total. The summed E-state index contributed by atoms with van der Waals surface area (Å²) in [4.78, 5) is 0. The van der Waals surface area contributed by atoms with Gasteiger partial charge in [-0.3, -0.25) is 0 Å². The van der Waals surface area contributed by atoms with Gasteiger partial charge in [0.15, 0.2) is 0 Å². The minimum absolute atomic E-state index is 0.904. The van der Waals surface area contributed by atoms with Crippen molar-refractivity contribution >= 4 is 0 Å². The molecule has 3 rings (SSSR count). The van der Waals surface area contributed by atoms with Crippen molar-refractivity contribution in [1.82, 2.24) is 10.6 Å². The zero-order valence-electron chi connectivity index (χ0n) is 10.4. The van der Waals surface area contributed by atoms with Gasteiger partial charge in [-0.15, -0.1) is 0 Å². The maximum absolute atomic E-state index is 3.85. The zero-order valence-corrected chi connectivity index (χ0v) is 10.4. The largest absolute Gasteiger partial charge is 0.316 e. The van der Waals surface area contributed by atoms with E-state index >= 15 is 0 Å². The summed E-state index contributed by atoms with van der Waals surface area (Å²) >= 11 is 0. The van der Waals surface area contributed by atoms with Gasteiger partial charge in [-0.05, 0) is 82.3 Å². The highest BCUT2D eigenvalue weighted by atomic mass is 14.9. The molecule has 1 unspecified atom stereocenters. The molecular weight excluding hydrogens is 196 g/mol. The van der Waals surface area contributed by atoms with E-state index in [4.69, 9.17) is 0 Å². The Labute approximate surface area is 99.6 Å². The third-order valence-corrected chi connectivity index (χ3v) is 4.59. The van der Waals surface area contributed by atoms with E-state index in [0.29, 0.717) is 0 Å². The van der Waals surface area contributed by atoms with Gasteiger partial charge in [0, 0.05) is 6.04 Å². The van der Waals surface area contributed by atoms with Crippen LogP contribution in [-0.2, 0) is 0 Å². The molecule has 0 aromatic rings. The van der Waals surface area contributed by atoms with Crippen LogP contribution in [0.15, 0.2) is 0 Å². The SMILES string of the molecule is C(CNC(C1CC1)C1CC1)CC1CCNC1. The van der Waals surface area contributed by atoms with Gasteiger partial charge in [0.05, 0.1) is 0 Å². The van der Waals surface area contributed by atoms with Crippen molar-refractivity contribution in [3.8, 4) is 0 Å². The average molecular weight is 222 g/mol. The molecule has 0 amide bonds. The number of nitrogens with one attached hydrogen (secondary N) is 2. The Morgan fingerprint density at radius 1 is 1.06 bits per heavy atom. The van der Waals surface area contributed by atoms with Crippen LogP contribution in [-0.4, -0.2) is 25.7 Å². The van der Waals surface area contributed by atoms with Crippen LogP contribution in [0.1, 0.15) is 44.9 Å². The van der Waals surface area contributed by atoms with Crippen LogP contribution in [0.4, 0.5) is 0 Å². The summed E-state index contributed by atoms with van der Waals surface area (Å²) in [5.41, 5.74) is 0. The van der Waals surface area contributed by atoms with E-state index in [1.165, 1.54) is 64.6 Å². The number of rotatable bonds is 7. The van der Waals surface area contributed by atoms with Crippen LogP contribution >= 0.6 is 0 Å². The fourth-order valence-electron chi connectivity index (χ4n) is 3.25. The van der Waals surface area contributed by atoms with Crippen LogP contribution in [0.3, 0.4) is 0 Å². The van der Waals surface area contributed by atoms with Crippen molar-refractivity contribution in [3.63, 3.8) is 0 Å². The van der Waals surface area contributed by atoms with Gasteiger partial charge in [0.1, 0.15) is 0 Å². The first kappa shape index (κ1) is 11.0. The molecule has 2 nitrogen and oxygen atoms in total. The second-order valence-electron chi connectivity index (χ2n) is 6.16. The van der Waals surface area contributed by atoms with E-state index in [0.717, 1.165) is 23.8 Å². The van der Waals surface area contributed by atoms with Crippen molar-refractivity contribution in [1.29, 1.82) is 0 Å². The molecule has 1 aliphatic heterocycles. The first-order valence-corrected chi connectivity index (χ1v) is 7.37. The highest BCUT2D eigenvalue weighted by molar-refractivity contribution is 4.96. The van der Waals surface area contributed by atoms with Crippen LogP contribution in [0.2, 0.25) is 0 Å². The molecule has 2 saturated carbocycles. The molecule has 1 saturated heterocycles. The van der Waals surface area contributed by atoms with Gasteiger partial charge in [0.25, 0.3) is 0 Å². The second kappa shape index (κ2) is 5.05. The van der Waals surface area contributed by atoms with Gasteiger partial charge in [-0.1, -0.05) is 0 Å². The highest BCUT2D eigenvalue weighted by Gasteiger charge is 2.40. The third kappa shape index (κ3) is 2.98. The van der Waals surface area contributed by atoms with E-state index in [1.807, 2.05) is 0 Å². The standard InChI is InChI=1S/C14H26N2/c1(2-11-7-9-15-10-11)8-16-14(12-3-4-12)13-5-6-13/h11-16H,1-10H2. The fourth-order valence-corrected chi connectivity index (χ4v) is 3.25. The molecule has 2 heteroatoms. The number of hydrogen-bond donors (Lipinski definition) is 2. The summed E-state index contributed by atoms with van der Waals surface area (Å²) in [5, 5.41) is 7.31. The van der Waals surface area contributed by atoms with E-state index in [1.54, 1.807) is 0 Å². The van der Waals surface area contributed by atoms with Gasteiger partial charge in [0.2, 0.25) is 0 Å². The minimum atomic E-state index is 0.904. The fraction of sp³-hybridized carbons (Fsp3) is 1.00. The van der Waals surface area contributed by atoms with Crippen molar-refractivity contribution < 1.29 is 0 Å². The molecule has 0 bridgehead atoms. The van der Waals surface area contributed by atoms with Crippen LogP contribution in [0.5, 0.6) is 0 Å². The predicted molar refractivity (Wildman–Crippen MR) is 67.4 cm³/mol. The average Bonchev–Trinajstić information content (AvgIpc) is 3.20. The van der Waals surface area contributed by atoms with E-state index in [9.17, 15) is 0 Å². The van der Waals surface area contributed by atoms with Crippen LogP contribution < -0.4 is 10.6 Å². The normalized spacial score (nSPS) is 30.2. The first-order valence-electron chi connectivity index (χ1n) is 7.37. The van der Waals surface area contributed by atoms with Gasteiger partial charge < -0.3 is 10.6 Å². The number of hydrogen-bond acceptors (Lipinski definition) is 2. The Bertz CT molecular complexity index is 203. The van der Waals surface area contributed by atoms with Gasteiger partial charge in [-0.2, -0.15) is 0 Å². The van der Waals surface area contributed by atoms with Crippen LogP contribution in [0.25, 0.3) is 0 Å². The Balaban J connectivity index is 1.29. The third-order valence-electron chi connectivity index (χ3n) is 4.59. The molecule has 92 valence electrons. The summed E-state index contributed by atoms with van der Waals surface area (Å²) in [7, 11) is 0. The van der Waals surface area contributed by atoms with E-state index in [-0.39, 0.29) is 0 Å². The van der Waals surface area contributed by atoms with Gasteiger partial charge >= 0.3 is 0 Å². The van der Waals surface area contributed by atoms with Gasteiger partial charge in [-0.25, -0.2) is 0 Å². The summed E-state index contributed by atoms with van der Waals surface area (Å²) in [6.45, 7) is 3.80. The second-order valence-corrected chi connectivity index (χ2v) is 6.16. The topological polar surface area (TPSA) is 24.1 Å². The Morgan fingerprint density at radius 3 is 2.38 bits per heavy atom. The lowest BCUT2D eigenvalue weighted by Gasteiger charge is -2.18. The van der Waals surface area contributed by atoms with E-state index < -0.39 is 0 Å². The molecule has 3 aliphatic rings. The molecule has 16 heavy (non-hydrogen) atoms. The molecule has 3 fully saturated rings. The van der Waals surface area contributed by atoms with Crippen LogP contribution in [0, 0.1) is 17.8 Å². The van der Waals surface area contributed by atoms with Crippen molar-refractivity contribution in [2.45, 2.75) is 51.0 Å².